The molecule has 0 radical (unpaired) electrons. The molecule has 5 nitrogen and oxygen atoms in total. The van der Waals surface area contributed by atoms with Gasteiger partial charge in [0, 0.05) is 57.1 Å². The Balaban J connectivity index is 1.67. The first-order valence-corrected chi connectivity index (χ1v) is 10.2. The van der Waals surface area contributed by atoms with Gasteiger partial charge in [0.1, 0.15) is 16.8 Å². The zero-order chi connectivity index (χ0) is 20.1. The Morgan fingerprint density at radius 3 is 2.48 bits per heavy atom. The fourth-order valence-corrected chi connectivity index (χ4v) is 5.05. The molecule has 5 heteroatoms. The highest BCUT2D eigenvalue weighted by molar-refractivity contribution is 6.27. The molecule has 8 aromatic rings. The van der Waals surface area contributed by atoms with E-state index in [4.69, 9.17) is 8.83 Å². The molecule has 0 bridgehead atoms. The van der Waals surface area contributed by atoms with Gasteiger partial charge in [0.2, 0.25) is 0 Å². The highest BCUT2D eigenvalue weighted by atomic mass is 16.4. The molecule has 0 saturated carbocycles. The van der Waals surface area contributed by atoms with Gasteiger partial charge in [0.05, 0.1) is 10.9 Å². The molecule has 0 aliphatic carbocycles. The van der Waals surface area contributed by atoms with Gasteiger partial charge in [-0.25, -0.2) is 4.98 Å². The average molecular weight is 399 g/mol. The zero-order valence-corrected chi connectivity index (χ0v) is 16.2. The molecule has 5 heterocycles. The van der Waals surface area contributed by atoms with E-state index in [2.05, 4.69) is 38.6 Å². The molecule has 144 valence electrons. The third-order valence-corrected chi connectivity index (χ3v) is 6.36. The molecule has 0 atom stereocenters. The Hall–Kier alpha value is -4.38. The molecule has 5 aromatic heterocycles. The minimum atomic E-state index is 0.774. The largest absolute Gasteiger partial charge is 0.452 e. The smallest absolute Gasteiger partial charge is 0.178 e. The molecule has 31 heavy (non-hydrogen) atoms. The average Bonchev–Trinajstić information content (AvgIpc) is 3.53. The first-order chi connectivity index (χ1) is 15.4. The van der Waals surface area contributed by atoms with E-state index in [1.165, 1.54) is 0 Å². The van der Waals surface area contributed by atoms with Crippen LogP contribution in [0.15, 0.2) is 88.2 Å². The number of hydrogen-bond donors (Lipinski definition) is 0. The van der Waals surface area contributed by atoms with Crippen molar-refractivity contribution in [2.24, 2.45) is 0 Å². The number of aromatic nitrogens is 3. The molecule has 0 saturated heterocycles. The Morgan fingerprint density at radius 2 is 1.48 bits per heavy atom. The second kappa shape index (κ2) is 5.21. The monoisotopic (exact) mass is 399 g/mol. The van der Waals surface area contributed by atoms with Crippen LogP contribution in [0.25, 0.3) is 71.2 Å². The van der Waals surface area contributed by atoms with Crippen LogP contribution in [0.4, 0.5) is 0 Å². The van der Waals surface area contributed by atoms with Gasteiger partial charge in [-0.3, -0.25) is 9.38 Å². The van der Waals surface area contributed by atoms with Gasteiger partial charge in [0.15, 0.2) is 11.2 Å². The fraction of sp³-hybridized carbons (Fsp3) is 0. The van der Waals surface area contributed by atoms with Gasteiger partial charge in [0.25, 0.3) is 0 Å². The maximum atomic E-state index is 6.40. The van der Waals surface area contributed by atoms with Crippen LogP contribution in [-0.2, 0) is 0 Å². The van der Waals surface area contributed by atoms with E-state index in [-0.39, 0.29) is 0 Å². The first kappa shape index (κ1) is 15.5. The summed E-state index contributed by atoms with van der Waals surface area (Å²) >= 11 is 0. The van der Waals surface area contributed by atoms with Crippen molar-refractivity contribution in [3.8, 4) is 0 Å². The number of hydrogen-bond acceptors (Lipinski definition) is 4. The van der Waals surface area contributed by atoms with Crippen LogP contribution in [0, 0.1) is 0 Å². The van der Waals surface area contributed by atoms with Crippen molar-refractivity contribution in [3.63, 3.8) is 0 Å². The minimum Gasteiger partial charge on any atom is -0.452 e. The standard InChI is InChI=1S/C26H13N3O2/c1-2-4-20-14(3-1)16-5-6-18-22-21(31-25(18)24(16)30-20)8-7-15-19-13-27-10-9-17(19)26-28-11-12-29(26)23(15)22/h1-13H. The lowest BCUT2D eigenvalue weighted by atomic mass is 10.0. The summed E-state index contributed by atoms with van der Waals surface area (Å²) in [6.45, 7) is 0. The van der Waals surface area contributed by atoms with E-state index in [1.54, 1.807) is 0 Å². The van der Waals surface area contributed by atoms with Gasteiger partial charge in [-0.15, -0.1) is 0 Å². The third-order valence-electron chi connectivity index (χ3n) is 6.36. The lowest BCUT2D eigenvalue weighted by molar-refractivity contribution is 0.633. The Labute approximate surface area is 174 Å². The number of benzene rings is 3. The second-order valence-corrected chi connectivity index (χ2v) is 7.90. The molecule has 0 spiro atoms. The summed E-state index contributed by atoms with van der Waals surface area (Å²) in [4.78, 5) is 9.01. The molecule has 0 unspecified atom stereocenters. The Morgan fingerprint density at radius 1 is 0.645 bits per heavy atom. The van der Waals surface area contributed by atoms with Crippen LogP contribution >= 0.6 is 0 Å². The molecular weight excluding hydrogens is 386 g/mol. The molecule has 0 fully saturated rings. The van der Waals surface area contributed by atoms with Gasteiger partial charge in [-0.1, -0.05) is 18.2 Å². The van der Waals surface area contributed by atoms with Crippen molar-refractivity contribution < 1.29 is 8.83 Å². The normalized spacial score (nSPS) is 12.5. The van der Waals surface area contributed by atoms with Crippen molar-refractivity contribution in [1.82, 2.24) is 14.4 Å². The number of fused-ring (bicyclic) bond motifs is 14. The van der Waals surface area contributed by atoms with Crippen molar-refractivity contribution in [2.75, 3.05) is 0 Å². The van der Waals surface area contributed by atoms with Crippen LogP contribution in [0.3, 0.4) is 0 Å². The van der Waals surface area contributed by atoms with Crippen LogP contribution in [0.5, 0.6) is 0 Å². The highest BCUT2D eigenvalue weighted by Crippen LogP contribution is 2.42. The minimum absolute atomic E-state index is 0.774. The molecular formula is C26H13N3O2. The molecule has 0 aliphatic rings. The van der Waals surface area contributed by atoms with E-state index in [1.807, 2.05) is 55.1 Å². The van der Waals surface area contributed by atoms with Crippen molar-refractivity contribution in [3.05, 3.63) is 79.4 Å². The number of rotatable bonds is 0. The summed E-state index contributed by atoms with van der Waals surface area (Å²) in [6.07, 6.45) is 7.58. The van der Waals surface area contributed by atoms with Crippen molar-refractivity contribution in [1.29, 1.82) is 0 Å². The number of imidazole rings is 1. The summed E-state index contributed by atoms with van der Waals surface area (Å²) < 4.78 is 14.8. The molecule has 3 aromatic carbocycles. The molecule has 0 N–H and O–H groups in total. The van der Waals surface area contributed by atoms with Crippen LogP contribution < -0.4 is 0 Å². The van der Waals surface area contributed by atoms with Gasteiger partial charge < -0.3 is 8.83 Å². The molecule has 0 aliphatic heterocycles. The van der Waals surface area contributed by atoms with Crippen LogP contribution in [-0.4, -0.2) is 14.4 Å². The highest BCUT2D eigenvalue weighted by Gasteiger charge is 2.20. The van der Waals surface area contributed by atoms with Crippen molar-refractivity contribution >= 4 is 71.2 Å². The number of furan rings is 2. The first-order valence-electron chi connectivity index (χ1n) is 10.2. The van der Waals surface area contributed by atoms with Crippen molar-refractivity contribution in [2.45, 2.75) is 0 Å². The van der Waals surface area contributed by atoms with E-state index in [0.29, 0.717) is 0 Å². The second-order valence-electron chi connectivity index (χ2n) is 7.90. The van der Waals surface area contributed by atoms with E-state index >= 15 is 0 Å². The SMILES string of the molecule is c1ccc2c(c1)oc1c2ccc2c1oc1ccc3c4cnccc4c4nccn4c3c12. The predicted octanol–water partition coefficient (Wildman–Crippen LogP) is 6.83. The summed E-state index contributed by atoms with van der Waals surface area (Å²) in [5.41, 5.74) is 5.23. The quantitative estimate of drug-likeness (QED) is 0.262. The maximum absolute atomic E-state index is 6.40. The molecule has 0 amide bonds. The summed E-state index contributed by atoms with van der Waals surface area (Å²) in [6, 6.07) is 18.5. The van der Waals surface area contributed by atoms with E-state index in [9.17, 15) is 0 Å². The summed E-state index contributed by atoms with van der Waals surface area (Å²) in [7, 11) is 0. The Bertz CT molecular complexity index is 2010. The topological polar surface area (TPSA) is 56.5 Å². The van der Waals surface area contributed by atoms with E-state index in [0.717, 1.165) is 71.2 Å². The zero-order valence-electron chi connectivity index (χ0n) is 16.2. The van der Waals surface area contributed by atoms with E-state index < -0.39 is 0 Å². The predicted molar refractivity (Wildman–Crippen MR) is 123 cm³/mol. The maximum Gasteiger partial charge on any atom is 0.178 e. The number of nitrogens with zero attached hydrogens (tertiary/aromatic N) is 3. The van der Waals surface area contributed by atoms with Gasteiger partial charge in [-0.2, -0.15) is 0 Å². The van der Waals surface area contributed by atoms with Gasteiger partial charge >= 0.3 is 0 Å². The molecule has 8 rings (SSSR count). The lowest BCUT2D eigenvalue weighted by Gasteiger charge is -2.08. The summed E-state index contributed by atoms with van der Waals surface area (Å²) in [5, 5.41) is 7.53. The number of para-hydroxylation sites is 1. The third kappa shape index (κ3) is 1.78. The fourth-order valence-electron chi connectivity index (χ4n) is 5.05. The van der Waals surface area contributed by atoms with Crippen LogP contribution in [0.1, 0.15) is 0 Å². The van der Waals surface area contributed by atoms with Gasteiger partial charge in [-0.05, 0) is 36.4 Å². The number of pyridine rings is 2. The summed E-state index contributed by atoms with van der Waals surface area (Å²) in [5.74, 6) is 0. The van der Waals surface area contributed by atoms with Crippen LogP contribution in [0.2, 0.25) is 0 Å². The lowest BCUT2D eigenvalue weighted by Crippen LogP contribution is -1.91. The Kier molecular flexibility index (Phi) is 2.60.